The smallest absolute Gasteiger partial charge is 0.240 e. The zero-order valence-corrected chi connectivity index (χ0v) is 14.9. The molecular formula is C19H21NO4S. The number of methoxy groups -OCH3 is 1. The van der Waals surface area contributed by atoms with Gasteiger partial charge in [-0.1, -0.05) is 30.3 Å². The third kappa shape index (κ3) is 4.27. The van der Waals surface area contributed by atoms with Crippen molar-refractivity contribution >= 4 is 15.8 Å². The third-order valence-corrected chi connectivity index (χ3v) is 5.75. The highest BCUT2D eigenvalue weighted by Gasteiger charge is 2.30. The van der Waals surface area contributed by atoms with E-state index in [1.54, 1.807) is 19.2 Å². The zero-order valence-electron chi connectivity index (χ0n) is 14.1. The molecule has 0 bridgehead atoms. The molecule has 2 aromatic carbocycles. The number of ketones is 1. The minimum Gasteiger partial charge on any atom is -0.496 e. The van der Waals surface area contributed by atoms with Gasteiger partial charge >= 0.3 is 0 Å². The van der Waals surface area contributed by atoms with Gasteiger partial charge in [0, 0.05) is 18.0 Å². The van der Waals surface area contributed by atoms with E-state index in [2.05, 4.69) is 4.72 Å². The summed E-state index contributed by atoms with van der Waals surface area (Å²) in [5, 5.41) is 0. The average Bonchev–Trinajstić information content (AvgIpc) is 3.46. The van der Waals surface area contributed by atoms with Crippen molar-refractivity contribution in [2.75, 3.05) is 13.7 Å². The summed E-state index contributed by atoms with van der Waals surface area (Å²) in [7, 11) is -2.01. The number of hydrogen-bond donors (Lipinski definition) is 1. The van der Waals surface area contributed by atoms with Gasteiger partial charge in [-0.05, 0) is 43.0 Å². The molecule has 0 amide bonds. The maximum Gasteiger partial charge on any atom is 0.240 e. The minimum absolute atomic E-state index is 0.105. The second-order valence-electron chi connectivity index (χ2n) is 6.12. The summed E-state index contributed by atoms with van der Waals surface area (Å²) < 4.78 is 32.6. The van der Waals surface area contributed by atoms with Gasteiger partial charge in [0.1, 0.15) is 5.75 Å². The second-order valence-corrected chi connectivity index (χ2v) is 7.89. The number of nitrogens with one attached hydrogen (secondary N) is 1. The van der Waals surface area contributed by atoms with E-state index in [-0.39, 0.29) is 23.1 Å². The second kappa shape index (κ2) is 7.37. The molecule has 0 spiro atoms. The molecule has 0 heterocycles. The molecule has 1 aliphatic rings. The Morgan fingerprint density at radius 2 is 1.80 bits per heavy atom. The van der Waals surface area contributed by atoms with E-state index in [0.29, 0.717) is 12.0 Å². The standard InChI is InChI=1S/C19H21NO4S/c1-24-18-5-3-2-4-14(18)12-13-20-25(22,23)17-10-8-16(9-11-17)19(21)15-6-7-15/h2-5,8-11,15,20H,6-7,12-13H2,1H3. The van der Waals surface area contributed by atoms with Crippen LogP contribution in [0.25, 0.3) is 0 Å². The minimum atomic E-state index is -3.60. The number of rotatable bonds is 8. The van der Waals surface area contributed by atoms with Crippen molar-refractivity contribution in [3.63, 3.8) is 0 Å². The van der Waals surface area contributed by atoms with Crippen LogP contribution >= 0.6 is 0 Å². The van der Waals surface area contributed by atoms with E-state index >= 15 is 0 Å². The fourth-order valence-corrected chi connectivity index (χ4v) is 3.72. The van der Waals surface area contributed by atoms with E-state index < -0.39 is 10.0 Å². The van der Waals surface area contributed by atoms with Crippen LogP contribution in [0.3, 0.4) is 0 Å². The van der Waals surface area contributed by atoms with Crippen molar-refractivity contribution in [1.29, 1.82) is 0 Å². The van der Waals surface area contributed by atoms with Gasteiger partial charge in [-0.3, -0.25) is 4.79 Å². The van der Waals surface area contributed by atoms with Crippen LogP contribution in [0.5, 0.6) is 5.75 Å². The van der Waals surface area contributed by atoms with Gasteiger partial charge in [-0.2, -0.15) is 0 Å². The monoisotopic (exact) mass is 359 g/mol. The van der Waals surface area contributed by atoms with Gasteiger partial charge in [-0.15, -0.1) is 0 Å². The molecule has 132 valence electrons. The van der Waals surface area contributed by atoms with E-state index in [0.717, 1.165) is 24.2 Å². The largest absolute Gasteiger partial charge is 0.496 e. The maximum atomic E-state index is 12.4. The van der Waals surface area contributed by atoms with Crippen molar-refractivity contribution in [1.82, 2.24) is 4.72 Å². The molecule has 0 atom stereocenters. The average molecular weight is 359 g/mol. The molecule has 2 aromatic rings. The predicted octanol–water partition coefficient (Wildman–Crippen LogP) is 2.81. The number of carbonyl (C=O) groups excluding carboxylic acids is 1. The molecule has 3 rings (SSSR count). The van der Waals surface area contributed by atoms with Crippen LogP contribution in [0, 0.1) is 5.92 Å². The molecule has 0 radical (unpaired) electrons. The lowest BCUT2D eigenvalue weighted by Gasteiger charge is -2.10. The summed E-state index contributed by atoms with van der Waals surface area (Å²) in [4.78, 5) is 12.1. The molecule has 1 fully saturated rings. The van der Waals surface area contributed by atoms with Gasteiger partial charge in [0.15, 0.2) is 5.78 Å². The van der Waals surface area contributed by atoms with Gasteiger partial charge in [0.25, 0.3) is 0 Å². The summed E-state index contributed by atoms with van der Waals surface area (Å²) in [6.45, 7) is 0.269. The lowest BCUT2D eigenvalue weighted by atomic mass is 10.1. The highest BCUT2D eigenvalue weighted by atomic mass is 32.2. The SMILES string of the molecule is COc1ccccc1CCNS(=O)(=O)c1ccc(C(=O)C2CC2)cc1. The first-order valence-corrected chi connectivity index (χ1v) is 9.75. The first-order valence-electron chi connectivity index (χ1n) is 8.27. The Bertz CT molecular complexity index is 855. The molecular weight excluding hydrogens is 338 g/mol. The Balaban J connectivity index is 1.62. The Kier molecular flexibility index (Phi) is 5.20. The molecule has 0 aromatic heterocycles. The molecule has 0 aliphatic heterocycles. The van der Waals surface area contributed by atoms with Crippen molar-refractivity contribution in [3.8, 4) is 5.75 Å². The van der Waals surface area contributed by atoms with Crippen molar-refractivity contribution in [2.45, 2.75) is 24.2 Å². The van der Waals surface area contributed by atoms with Crippen molar-refractivity contribution in [3.05, 3.63) is 59.7 Å². The van der Waals surface area contributed by atoms with Gasteiger partial charge < -0.3 is 4.74 Å². The maximum absolute atomic E-state index is 12.4. The highest BCUT2D eigenvalue weighted by molar-refractivity contribution is 7.89. The van der Waals surface area contributed by atoms with E-state index in [1.807, 2.05) is 24.3 Å². The molecule has 25 heavy (non-hydrogen) atoms. The van der Waals surface area contributed by atoms with Crippen LogP contribution in [0.1, 0.15) is 28.8 Å². The van der Waals surface area contributed by atoms with Gasteiger partial charge in [0.05, 0.1) is 12.0 Å². The van der Waals surface area contributed by atoms with E-state index in [4.69, 9.17) is 4.74 Å². The third-order valence-electron chi connectivity index (χ3n) is 4.28. The van der Waals surface area contributed by atoms with Crippen LogP contribution in [0.2, 0.25) is 0 Å². The highest BCUT2D eigenvalue weighted by Crippen LogP contribution is 2.32. The fraction of sp³-hybridized carbons (Fsp3) is 0.316. The number of ether oxygens (including phenoxy) is 1. The number of sulfonamides is 1. The Morgan fingerprint density at radius 1 is 1.12 bits per heavy atom. The van der Waals surface area contributed by atoms with Crippen molar-refractivity contribution < 1.29 is 17.9 Å². The molecule has 5 nitrogen and oxygen atoms in total. The first-order chi connectivity index (χ1) is 12.0. The topological polar surface area (TPSA) is 72.5 Å². The summed E-state index contributed by atoms with van der Waals surface area (Å²) in [5.74, 6) is 0.971. The molecule has 1 aliphatic carbocycles. The lowest BCUT2D eigenvalue weighted by molar-refractivity contribution is 0.0967. The number of Topliss-reactive ketones (excluding diaryl/α,β-unsaturated/α-hetero) is 1. The molecule has 1 N–H and O–H groups in total. The molecule has 0 saturated heterocycles. The summed E-state index contributed by atoms with van der Waals surface area (Å²) in [5.41, 5.74) is 1.52. The Morgan fingerprint density at radius 3 is 2.44 bits per heavy atom. The fourth-order valence-electron chi connectivity index (χ4n) is 2.69. The lowest BCUT2D eigenvalue weighted by Crippen LogP contribution is -2.26. The van der Waals surface area contributed by atoms with Crippen LogP contribution in [-0.4, -0.2) is 27.9 Å². The number of carbonyl (C=O) groups is 1. The summed E-state index contributed by atoms with van der Waals surface area (Å²) >= 11 is 0. The van der Waals surface area contributed by atoms with E-state index in [1.165, 1.54) is 12.1 Å². The zero-order chi connectivity index (χ0) is 17.9. The summed E-state index contributed by atoms with van der Waals surface area (Å²) in [6.07, 6.45) is 2.40. The van der Waals surface area contributed by atoms with E-state index in [9.17, 15) is 13.2 Å². The molecule has 1 saturated carbocycles. The normalized spacial score (nSPS) is 14.3. The Hall–Kier alpha value is -2.18. The van der Waals surface area contributed by atoms with Gasteiger partial charge in [0.2, 0.25) is 10.0 Å². The van der Waals surface area contributed by atoms with Crippen molar-refractivity contribution in [2.24, 2.45) is 5.92 Å². The van der Waals surface area contributed by atoms with Crippen LogP contribution in [-0.2, 0) is 16.4 Å². The quantitative estimate of drug-likeness (QED) is 0.736. The number of benzene rings is 2. The predicted molar refractivity (Wildman–Crippen MR) is 95.4 cm³/mol. The van der Waals surface area contributed by atoms with Crippen LogP contribution in [0.15, 0.2) is 53.4 Å². The Labute approximate surface area is 148 Å². The number of hydrogen-bond acceptors (Lipinski definition) is 4. The van der Waals surface area contributed by atoms with Crippen LogP contribution in [0.4, 0.5) is 0 Å². The first kappa shape index (κ1) is 17.6. The number of para-hydroxylation sites is 1. The summed E-state index contributed by atoms with van der Waals surface area (Å²) in [6, 6.07) is 13.7. The van der Waals surface area contributed by atoms with Crippen LogP contribution < -0.4 is 9.46 Å². The van der Waals surface area contributed by atoms with Gasteiger partial charge in [-0.25, -0.2) is 13.1 Å². The molecule has 0 unspecified atom stereocenters. The molecule has 6 heteroatoms.